The summed E-state index contributed by atoms with van der Waals surface area (Å²) in [5.74, 6) is 0.642. The van der Waals surface area contributed by atoms with E-state index in [4.69, 9.17) is 11.6 Å². The van der Waals surface area contributed by atoms with Gasteiger partial charge in [0.2, 0.25) is 0 Å². The van der Waals surface area contributed by atoms with E-state index in [2.05, 4.69) is 19.2 Å². The van der Waals surface area contributed by atoms with Crippen LogP contribution in [0.4, 0.5) is 4.39 Å². The quantitative estimate of drug-likeness (QED) is 0.862. The van der Waals surface area contributed by atoms with Crippen molar-refractivity contribution in [1.82, 2.24) is 5.32 Å². The average molecular weight is 256 g/mol. The molecule has 1 aliphatic heterocycles. The number of halogens is 2. The monoisotopic (exact) mass is 255 g/mol. The Morgan fingerprint density at radius 1 is 1.47 bits per heavy atom. The first-order valence-electron chi connectivity index (χ1n) is 6.27. The summed E-state index contributed by atoms with van der Waals surface area (Å²) in [6.07, 6.45) is 2.07. The molecule has 0 amide bonds. The molecule has 94 valence electrons. The highest BCUT2D eigenvalue weighted by Gasteiger charge is 2.30. The minimum atomic E-state index is -0.239. The molecule has 1 fully saturated rings. The third kappa shape index (κ3) is 2.80. The van der Waals surface area contributed by atoms with Gasteiger partial charge in [-0.25, -0.2) is 4.39 Å². The second kappa shape index (κ2) is 5.36. The van der Waals surface area contributed by atoms with Crippen molar-refractivity contribution in [2.75, 3.05) is 6.54 Å². The zero-order valence-electron chi connectivity index (χ0n) is 10.3. The Balaban J connectivity index is 2.23. The summed E-state index contributed by atoms with van der Waals surface area (Å²) >= 11 is 5.85. The van der Waals surface area contributed by atoms with Gasteiger partial charge in [0.25, 0.3) is 0 Å². The van der Waals surface area contributed by atoms with Gasteiger partial charge in [-0.05, 0) is 36.9 Å². The number of hydrogen-bond acceptors (Lipinski definition) is 1. The maximum absolute atomic E-state index is 14.0. The maximum Gasteiger partial charge on any atom is 0.145 e. The Morgan fingerprint density at radius 3 is 2.94 bits per heavy atom. The van der Waals surface area contributed by atoms with Crippen LogP contribution in [0.15, 0.2) is 18.2 Å². The molecule has 2 atom stereocenters. The van der Waals surface area contributed by atoms with Gasteiger partial charge in [-0.3, -0.25) is 0 Å². The molecule has 0 radical (unpaired) electrons. The zero-order chi connectivity index (χ0) is 12.4. The number of nitrogens with one attached hydrogen (secondary N) is 1. The van der Waals surface area contributed by atoms with Crippen molar-refractivity contribution in [3.05, 3.63) is 34.6 Å². The molecule has 0 bridgehead atoms. The summed E-state index contributed by atoms with van der Waals surface area (Å²) in [6, 6.07) is 5.70. The van der Waals surface area contributed by atoms with Crippen LogP contribution < -0.4 is 5.32 Å². The van der Waals surface area contributed by atoms with Crippen molar-refractivity contribution in [3.63, 3.8) is 0 Å². The first kappa shape index (κ1) is 12.8. The van der Waals surface area contributed by atoms with Gasteiger partial charge in [-0.15, -0.1) is 0 Å². The molecule has 0 saturated carbocycles. The van der Waals surface area contributed by atoms with Crippen LogP contribution in [-0.2, 0) is 0 Å². The van der Waals surface area contributed by atoms with E-state index in [1.54, 1.807) is 6.07 Å². The minimum Gasteiger partial charge on any atom is -0.313 e. The normalized spacial score (nSPS) is 24.5. The fourth-order valence-electron chi connectivity index (χ4n) is 2.70. The molecule has 2 unspecified atom stereocenters. The molecule has 2 rings (SSSR count). The fraction of sp³-hybridized carbons (Fsp3) is 0.571. The number of hydrogen-bond donors (Lipinski definition) is 1. The topological polar surface area (TPSA) is 12.0 Å². The predicted octanol–water partition coefficient (Wildman–Crippen LogP) is 3.97. The molecule has 1 aliphatic rings. The number of rotatable bonds is 3. The maximum atomic E-state index is 14.0. The van der Waals surface area contributed by atoms with E-state index in [0.29, 0.717) is 12.0 Å². The van der Waals surface area contributed by atoms with Crippen LogP contribution in [0.1, 0.15) is 38.2 Å². The summed E-state index contributed by atoms with van der Waals surface area (Å²) in [6.45, 7) is 5.37. The van der Waals surface area contributed by atoms with E-state index in [0.717, 1.165) is 24.9 Å². The van der Waals surface area contributed by atoms with Crippen LogP contribution >= 0.6 is 11.6 Å². The second-order valence-electron chi connectivity index (χ2n) is 5.23. The highest BCUT2D eigenvalue weighted by atomic mass is 35.5. The molecule has 1 N–H and O–H groups in total. The predicted molar refractivity (Wildman–Crippen MR) is 70.0 cm³/mol. The summed E-state index contributed by atoms with van der Waals surface area (Å²) in [7, 11) is 0. The molecular formula is C14H19ClFN. The van der Waals surface area contributed by atoms with Gasteiger partial charge in [-0.1, -0.05) is 37.6 Å². The van der Waals surface area contributed by atoms with Crippen LogP contribution in [-0.4, -0.2) is 12.6 Å². The van der Waals surface area contributed by atoms with Gasteiger partial charge in [-0.2, -0.15) is 0 Å². The van der Waals surface area contributed by atoms with Crippen LogP contribution in [0.5, 0.6) is 0 Å². The Labute approximate surface area is 107 Å². The highest BCUT2D eigenvalue weighted by Crippen LogP contribution is 2.34. The summed E-state index contributed by atoms with van der Waals surface area (Å²) in [5, 5.41) is 3.71. The lowest BCUT2D eigenvalue weighted by molar-refractivity contribution is 0.426. The van der Waals surface area contributed by atoms with Gasteiger partial charge in [0, 0.05) is 12.0 Å². The summed E-state index contributed by atoms with van der Waals surface area (Å²) in [5.41, 5.74) is 0.771. The van der Waals surface area contributed by atoms with E-state index >= 15 is 0 Å². The molecule has 1 aromatic carbocycles. The Bertz CT molecular complexity index is 392. The lowest BCUT2D eigenvalue weighted by Crippen LogP contribution is -2.27. The van der Waals surface area contributed by atoms with Gasteiger partial charge >= 0.3 is 0 Å². The SMILES string of the molecule is CC(C)CC1NCCC1c1cccc(Cl)c1F. The molecule has 0 aliphatic carbocycles. The lowest BCUT2D eigenvalue weighted by atomic mass is 9.87. The van der Waals surface area contributed by atoms with Crippen molar-refractivity contribution >= 4 is 11.6 Å². The smallest absolute Gasteiger partial charge is 0.145 e. The average Bonchev–Trinajstić information content (AvgIpc) is 2.69. The van der Waals surface area contributed by atoms with Crippen molar-refractivity contribution < 1.29 is 4.39 Å². The molecule has 0 aromatic heterocycles. The van der Waals surface area contributed by atoms with E-state index in [-0.39, 0.29) is 16.8 Å². The van der Waals surface area contributed by atoms with E-state index in [1.807, 2.05) is 12.1 Å². The summed E-state index contributed by atoms with van der Waals surface area (Å²) < 4.78 is 14.0. The van der Waals surface area contributed by atoms with Crippen molar-refractivity contribution in [2.45, 2.75) is 38.6 Å². The number of benzene rings is 1. The Hall–Kier alpha value is -0.600. The molecule has 1 nitrogen and oxygen atoms in total. The van der Waals surface area contributed by atoms with Crippen molar-refractivity contribution in [3.8, 4) is 0 Å². The molecule has 0 spiro atoms. The van der Waals surface area contributed by atoms with Gasteiger partial charge in [0.1, 0.15) is 5.82 Å². The van der Waals surface area contributed by atoms with Gasteiger partial charge < -0.3 is 5.32 Å². The van der Waals surface area contributed by atoms with Crippen LogP contribution in [0, 0.1) is 11.7 Å². The van der Waals surface area contributed by atoms with Crippen LogP contribution in [0.25, 0.3) is 0 Å². The Morgan fingerprint density at radius 2 is 2.24 bits per heavy atom. The molecule has 1 heterocycles. The van der Waals surface area contributed by atoms with E-state index < -0.39 is 0 Å². The molecule has 3 heteroatoms. The molecule has 1 saturated heterocycles. The first-order valence-corrected chi connectivity index (χ1v) is 6.64. The first-order chi connectivity index (χ1) is 8.09. The molecule has 17 heavy (non-hydrogen) atoms. The van der Waals surface area contributed by atoms with Crippen LogP contribution in [0.3, 0.4) is 0 Å². The van der Waals surface area contributed by atoms with Crippen LogP contribution in [0.2, 0.25) is 5.02 Å². The third-order valence-corrected chi connectivity index (χ3v) is 3.75. The fourth-order valence-corrected chi connectivity index (χ4v) is 2.88. The third-order valence-electron chi connectivity index (χ3n) is 3.45. The summed E-state index contributed by atoms with van der Waals surface area (Å²) in [4.78, 5) is 0. The van der Waals surface area contributed by atoms with E-state index in [9.17, 15) is 4.39 Å². The van der Waals surface area contributed by atoms with Gasteiger partial charge in [0.05, 0.1) is 5.02 Å². The Kier molecular flexibility index (Phi) is 4.05. The van der Waals surface area contributed by atoms with Crippen molar-refractivity contribution in [2.24, 2.45) is 5.92 Å². The minimum absolute atomic E-state index is 0.234. The van der Waals surface area contributed by atoms with E-state index in [1.165, 1.54) is 0 Å². The van der Waals surface area contributed by atoms with Crippen molar-refractivity contribution in [1.29, 1.82) is 0 Å². The molecular weight excluding hydrogens is 237 g/mol. The standard InChI is InChI=1S/C14H19ClFN/c1-9(2)8-13-10(6-7-17-13)11-4-3-5-12(15)14(11)16/h3-5,9-10,13,17H,6-8H2,1-2H3. The lowest BCUT2D eigenvalue weighted by Gasteiger charge is -2.22. The highest BCUT2D eigenvalue weighted by molar-refractivity contribution is 6.30. The zero-order valence-corrected chi connectivity index (χ0v) is 11.1. The largest absolute Gasteiger partial charge is 0.313 e. The molecule has 1 aromatic rings. The second-order valence-corrected chi connectivity index (χ2v) is 5.64. The van der Waals surface area contributed by atoms with Gasteiger partial charge in [0.15, 0.2) is 0 Å².